The van der Waals surface area contributed by atoms with E-state index in [4.69, 9.17) is 0 Å². The number of anilines is 2. The first-order valence-electron chi connectivity index (χ1n) is 14.6. The van der Waals surface area contributed by atoms with E-state index in [-0.39, 0.29) is 73.0 Å². The van der Waals surface area contributed by atoms with Crippen molar-refractivity contribution in [3.05, 3.63) is 63.2 Å². The van der Waals surface area contributed by atoms with Crippen LogP contribution in [0.5, 0.6) is 0 Å². The highest BCUT2D eigenvalue weighted by Crippen LogP contribution is 2.47. The molecule has 0 saturated heterocycles. The Morgan fingerprint density at radius 3 is 2.08 bits per heavy atom. The van der Waals surface area contributed by atoms with Gasteiger partial charge in [0, 0.05) is 25.9 Å². The van der Waals surface area contributed by atoms with Crippen molar-refractivity contribution in [2.75, 3.05) is 23.5 Å². The monoisotopic (exact) mass is 694 g/mol. The van der Waals surface area contributed by atoms with Gasteiger partial charge in [0.15, 0.2) is 0 Å². The summed E-state index contributed by atoms with van der Waals surface area (Å²) in [6.07, 6.45) is -15.1. The zero-order chi connectivity index (χ0) is 35.8. The van der Waals surface area contributed by atoms with Crippen LogP contribution in [0, 0.1) is 13.8 Å². The van der Waals surface area contributed by atoms with E-state index >= 15 is 0 Å². The Balaban J connectivity index is 1.91. The van der Waals surface area contributed by atoms with E-state index in [9.17, 15) is 49.1 Å². The number of tetrazole rings is 1. The van der Waals surface area contributed by atoms with E-state index in [1.807, 2.05) is 0 Å². The molecule has 0 aliphatic carbocycles. The van der Waals surface area contributed by atoms with Crippen LogP contribution in [0.1, 0.15) is 77.1 Å². The minimum Gasteiger partial charge on any atom is -0.469 e. The SMILES string of the molecule is COC(=O)CCCC(=O)N1CCC[C@H](N(Cc2cc(C(F)(F)F)cc(C(F)(F)F)c2)c2nnn(C)n2)c2cc(C)c(C(F)(F)F)c(C)c21. The number of aryl methyl sites for hydroxylation is 2. The van der Waals surface area contributed by atoms with E-state index in [1.165, 1.54) is 43.9 Å². The second-order valence-electron chi connectivity index (χ2n) is 11.4. The Kier molecular flexibility index (Phi) is 10.3. The number of benzene rings is 2. The van der Waals surface area contributed by atoms with Crippen molar-refractivity contribution in [2.45, 2.75) is 77.1 Å². The predicted octanol–water partition coefficient (Wildman–Crippen LogP) is 7.10. The lowest BCUT2D eigenvalue weighted by Gasteiger charge is -2.34. The number of amides is 1. The number of fused-ring (bicyclic) bond motifs is 1. The summed E-state index contributed by atoms with van der Waals surface area (Å²) in [5.41, 5.74) is -4.97. The van der Waals surface area contributed by atoms with E-state index in [0.29, 0.717) is 12.1 Å². The molecule has 4 rings (SSSR count). The third-order valence-corrected chi connectivity index (χ3v) is 7.97. The van der Waals surface area contributed by atoms with Crippen molar-refractivity contribution >= 4 is 23.5 Å². The van der Waals surface area contributed by atoms with Gasteiger partial charge in [-0.2, -0.15) is 44.3 Å². The Labute approximate surface area is 268 Å². The maximum atomic E-state index is 14.3. The van der Waals surface area contributed by atoms with Crippen molar-refractivity contribution in [1.29, 1.82) is 0 Å². The summed E-state index contributed by atoms with van der Waals surface area (Å²) in [5, 5.41) is 11.8. The molecule has 0 radical (unpaired) electrons. The molecule has 0 fully saturated rings. The van der Waals surface area contributed by atoms with Gasteiger partial charge in [-0.15, -0.1) is 5.10 Å². The summed E-state index contributed by atoms with van der Waals surface area (Å²) < 4.78 is 130. The average Bonchev–Trinajstić information content (AvgIpc) is 3.31. The summed E-state index contributed by atoms with van der Waals surface area (Å²) in [7, 11) is 2.54. The molecule has 9 nitrogen and oxygen atoms in total. The van der Waals surface area contributed by atoms with Crippen molar-refractivity contribution in [3.63, 3.8) is 0 Å². The lowest BCUT2D eigenvalue weighted by molar-refractivity contribution is -0.143. The Bertz CT molecular complexity index is 1630. The fourth-order valence-electron chi connectivity index (χ4n) is 5.97. The van der Waals surface area contributed by atoms with Crippen LogP contribution in [-0.4, -0.2) is 45.7 Å². The Morgan fingerprint density at radius 2 is 1.56 bits per heavy atom. The van der Waals surface area contributed by atoms with Crippen molar-refractivity contribution in [3.8, 4) is 0 Å². The Hall–Kier alpha value is -4.38. The van der Waals surface area contributed by atoms with Crippen LogP contribution in [0.15, 0.2) is 24.3 Å². The third-order valence-electron chi connectivity index (χ3n) is 7.97. The number of carbonyl (C=O) groups excluding carboxylic acids is 2. The first-order chi connectivity index (χ1) is 22.2. The smallest absolute Gasteiger partial charge is 0.416 e. The van der Waals surface area contributed by atoms with E-state index in [2.05, 4.69) is 20.1 Å². The fourth-order valence-corrected chi connectivity index (χ4v) is 5.97. The Morgan fingerprint density at radius 1 is 0.938 bits per heavy atom. The summed E-state index contributed by atoms with van der Waals surface area (Å²) in [6, 6.07) is 1.28. The van der Waals surface area contributed by atoms with Gasteiger partial charge in [0.05, 0.1) is 42.6 Å². The summed E-state index contributed by atoms with van der Waals surface area (Å²) in [6.45, 7) is 1.72. The zero-order valence-corrected chi connectivity index (χ0v) is 26.1. The van der Waals surface area contributed by atoms with E-state index in [1.54, 1.807) is 0 Å². The van der Waals surface area contributed by atoms with E-state index < -0.39 is 65.2 Å². The van der Waals surface area contributed by atoms with Crippen LogP contribution >= 0.6 is 0 Å². The lowest BCUT2D eigenvalue weighted by atomic mass is 9.90. The summed E-state index contributed by atoms with van der Waals surface area (Å²) in [5.74, 6) is -1.38. The molecular formula is C30H31F9N6O3. The second-order valence-corrected chi connectivity index (χ2v) is 11.4. The van der Waals surface area contributed by atoms with Gasteiger partial charge >= 0.3 is 24.5 Å². The van der Waals surface area contributed by atoms with Gasteiger partial charge in [0.1, 0.15) is 0 Å². The third kappa shape index (κ3) is 8.01. The highest BCUT2D eigenvalue weighted by atomic mass is 19.4. The molecule has 18 heteroatoms. The van der Waals surface area contributed by atoms with E-state index in [0.717, 1.165) is 4.80 Å². The summed E-state index contributed by atoms with van der Waals surface area (Å²) >= 11 is 0. The molecule has 1 aliphatic rings. The molecular weight excluding hydrogens is 663 g/mol. The van der Waals surface area contributed by atoms with Crippen LogP contribution in [0.3, 0.4) is 0 Å². The van der Waals surface area contributed by atoms with Crippen LogP contribution < -0.4 is 9.80 Å². The van der Waals surface area contributed by atoms with Gasteiger partial charge in [-0.1, -0.05) is 11.2 Å². The molecule has 262 valence electrons. The number of carbonyl (C=O) groups is 2. The molecule has 1 amide bonds. The molecule has 48 heavy (non-hydrogen) atoms. The number of rotatable bonds is 8. The minimum absolute atomic E-state index is 0.00949. The molecule has 3 aromatic rings. The molecule has 1 aromatic heterocycles. The van der Waals surface area contributed by atoms with Gasteiger partial charge in [0.25, 0.3) is 5.95 Å². The molecule has 1 atom stereocenters. The first kappa shape index (κ1) is 36.5. The van der Waals surface area contributed by atoms with Crippen LogP contribution in [0.25, 0.3) is 0 Å². The zero-order valence-electron chi connectivity index (χ0n) is 26.1. The second kappa shape index (κ2) is 13.6. The molecule has 0 saturated carbocycles. The molecule has 0 unspecified atom stereocenters. The van der Waals surface area contributed by atoms with Crippen molar-refractivity contribution in [2.24, 2.45) is 7.05 Å². The molecule has 0 N–H and O–H groups in total. The molecule has 2 aromatic carbocycles. The number of hydrogen-bond donors (Lipinski definition) is 0. The summed E-state index contributed by atoms with van der Waals surface area (Å²) in [4.78, 5) is 28.6. The topological polar surface area (TPSA) is 93.5 Å². The number of nitrogens with zero attached hydrogens (tertiary/aromatic N) is 6. The predicted molar refractivity (Wildman–Crippen MR) is 153 cm³/mol. The fraction of sp³-hybridized carbons (Fsp3) is 0.500. The lowest BCUT2D eigenvalue weighted by Crippen LogP contribution is -2.34. The minimum atomic E-state index is -5.13. The molecule has 0 bridgehead atoms. The largest absolute Gasteiger partial charge is 0.469 e. The molecule has 2 heterocycles. The number of ether oxygens (including phenoxy) is 1. The van der Waals surface area contributed by atoms with Crippen molar-refractivity contribution in [1.82, 2.24) is 20.2 Å². The normalized spacial score (nSPS) is 15.6. The highest BCUT2D eigenvalue weighted by molar-refractivity contribution is 5.96. The average molecular weight is 695 g/mol. The number of methoxy groups -OCH3 is 1. The van der Waals surface area contributed by atoms with Crippen LogP contribution in [0.2, 0.25) is 0 Å². The van der Waals surface area contributed by atoms with Gasteiger partial charge in [-0.3, -0.25) is 9.59 Å². The number of alkyl halides is 9. The first-order valence-corrected chi connectivity index (χ1v) is 14.6. The number of esters is 1. The van der Waals surface area contributed by atoms with Crippen LogP contribution in [-0.2, 0) is 46.4 Å². The number of halogens is 9. The van der Waals surface area contributed by atoms with Crippen LogP contribution in [0.4, 0.5) is 51.1 Å². The number of aromatic nitrogens is 4. The maximum absolute atomic E-state index is 14.3. The van der Waals surface area contributed by atoms with Gasteiger partial charge < -0.3 is 14.5 Å². The molecule has 1 aliphatic heterocycles. The van der Waals surface area contributed by atoms with Gasteiger partial charge in [0.2, 0.25) is 5.91 Å². The highest BCUT2D eigenvalue weighted by Gasteiger charge is 2.41. The number of hydrogen-bond acceptors (Lipinski definition) is 7. The molecule has 0 spiro atoms. The van der Waals surface area contributed by atoms with Crippen molar-refractivity contribution < 1.29 is 53.8 Å². The van der Waals surface area contributed by atoms with Gasteiger partial charge in [-0.25, -0.2) is 0 Å². The van der Waals surface area contributed by atoms with Gasteiger partial charge in [-0.05, 0) is 78.8 Å². The standard InChI is InChI=1S/C30H31F9N6O3/c1-16-11-21-22(7-6-10-44(23(46)8-5-9-24(47)48-4)26(21)17(2)25(16)30(37,38)39)45(27-40-42-43(3)41-27)15-18-12-19(28(31,32)33)14-20(13-18)29(34,35)36/h11-14,22H,5-10,15H2,1-4H3/t22-/m0/s1. The maximum Gasteiger partial charge on any atom is 0.416 e. The quantitative estimate of drug-likeness (QED) is 0.184.